The predicted octanol–water partition coefficient (Wildman–Crippen LogP) is 4.63. The van der Waals surface area contributed by atoms with Crippen molar-refractivity contribution in [3.63, 3.8) is 0 Å². The maximum atomic E-state index is 6.18. The number of benzene rings is 1. The van der Waals surface area contributed by atoms with Crippen molar-refractivity contribution in [3.8, 4) is 0 Å². The zero-order valence-corrected chi connectivity index (χ0v) is 14.7. The molecule has 1 fully saturated rings. The minimum atomic E-state index is 0.282. The average Bonchev–Trinajstić information content (AvgIpc) is 2.89. The van der Waals surface area contributed by atoms with E-state index < -0.39 is 0 Å². The molecule has 1 aliphatic rings. The number of aryl methyl sites for hydroxylation is 1. The third-order valence-corrected chi connectivity index (χ3v) is 7.82. The van der Waals surface area contributed by atoms with Crippen molar-refractivity contribution < 1.29 is 4.42 Å². The molecule has 4 heteroatoms. The summed E-state index contributed by atoms with van der Waals surface area (Å²) in [6, 6.07) is 8.83. The number of rotatable bonds is 3. The summed E-state index contributed by atoms with van der Waals surface area (Å²) in [6.45, 7) is 6.78. The van der Waals surface area contributed by atoms with Gasteiger partial charge in [-0.1, -0.05) is 32.0 Å². The summed E-state index contributed by atoms with van der Waals surface area (Å²) in [6.07, 6.45) is 0. The Morgan fingerprint density at radius 1 is 1.29 bits per heavy atom. The van der Waals surface area contributed by atoms with Gasteiger partial charge in [-0.25, -0.2) is 0 Å². The lowest BCUT2D eigenvalue weighted by atomic mass is 10.1. The van der Waals surface area contributed by atoms with Crippen LogP contribution in [0.15, 0.2) is 28.7 Å². The van der Waals surface area contributed by atoms with Crippen LogP contribution >= 0.6 is 23.5 Å². The molecule has 1 aliphatic heterocycles. The topological polar surface area (TPSA) is 25.2 Å². The molecule has 0 spiro atoms. The van der Waals surface area contributed by atoms with E-state index in [2.05, 4.69) is 73.9 Å². The highest BCUT2D eigenvalue weighted by atomic mass is 32.2. The molecule has 114 valence electrons. The van der Waals surface area contributed by atoms with E-state index in [-0.39, 0.29) is 6.04 Å². The van der Waals surface area contributed by atoms with Gasteiger partial charge in [-0.2, -0.15) is 23.5 Å². The van der Waals surface area contributed by atoms with Crippen molar-refractivity contribution in [2.45, 2.75) is 42.6 Å². The van der Waals surface area contributed by atoms with Crippen LogP contribution in [-0.2, 0) is 0 Å². The number of hydrogen-bond acceptors (Lipinski definition) is 4. The first-order valence-corrected chi connectivity index (χ1v) is 9.52. The molecule has 21 heavy (non-hydrogen) atoms. The summed E-state index contributed by atoms with van der Waals surface area (Å²) in [5.41, 5.74) is 2.24. The van der Waals surface area contributed by atoms with Gasteiger partial charge in [-0.05, 0) is 25.6 Å². The number of para-hydroxylation sites is 1. The maximum Gasteiger partial charge on any atom is 0.137 e. The van der Waals surface area contributed by atoms with E-state index in [1.165, 1.54) is 16.7 Å². The minimum Gasteiger partial charge on any atom is -0.459 e. The summed E-state index contributed by atoms with van der Waals surface area (Å²) >= 11 is 4.17. The molecule has 2 nitrogen and oxygen atoms in total. The van der Waals surface area contributed by atoms with E-state index in [1.807, 2.05) is 7.05 Å². The normalized spacial score (nSPS) is 27.9. The van der Waals surface area contributed by atoms with Crippen LogP contribution in [0.1, 0.15) is 31.2 Å². The second-order valence-corrected chi connectivity index (χ2v) is 8.86. The lowest BCUT2D eigenvalue weighted by Gasteiger charge is -2.35. The van der Waals surface area contributed by atoms with Crippen LogP contribution < -0.4 is 5.32 Å². The Balaban J connectivity index is 1.89. The highest BCUT2D eigenvalue weighted by molar-refractivity contribution is 8.07. The van der Waals surface area contributed by atoms with E-state index in [9.17, 15) is 0 Å². The molecule has 1 saturated heterocycles. The van der Waals surface area contributed by atoms with Gasteiger partial charge in [0.25, 0.3) is 0 Å². The Bertz CT molecular complexity index is 624. The van der Waals surface area contributed by atoms with Crippen molar-refractivity contribution in [3.05, 3.63) is 35.6 Å². The molecule has 4 unspecified atom stereocenters. The van der Waals surface area contributed by atoms with Gasteiger partial charge in [0.1, 0.15) is 11.3 Å². The number of thioether (sulfide) groups is 2. The molecule has 1 aromatic heterocycles. The average molecular weight is 322 g/mol. The van der Waals surface area contributed by atoms with Crippen molar-refractivity contribution in [2.24, 2.45) is 0 Å². The lowest BCUT2D eigenvalue weighted by Crippen LogP contribution is -2.35. The monoisotopic (exact) mass is 321 g/mol. The Labute approximate surface area is 135 Å². The highest BCUT2D eigenvalue weighted by Crippen LogP contribution is 2.41. The molecule has 2 aromatic rings. The van der Waals surface area contributed by atoms with Crippen LogP contribution in [0.4, 0.5) is 0 Å². The first-order chi connectivity index (χ1) is 10.1. The van der Waals surface area contributed by atoms with Gasteiger partial charge in [0.05, 0.1) is 6.04 Å². The molecule has 2 heterocycles. The summed E-state index contributed by atoms with van der Waals surface area (Å²) in [4.78, 5) is 0. The number of hydrogen-bond donors (Lipinski definition) is 1. The Hall–Kier alpha value is -0.580. The quantitative estimate of drug-likeness (QED) is 0.891. The molecule has 0 bridgehead atoms. The highest BCUT2D eigenvalue weighted by Gasteiger charge is 2.33. The SMILES string of the molecule is CNC(c1cc2cccc(C)c2o1)C1CSC(C)C(C)S1. The number of furan rings is 1. The van der Waals surface area contributed by atoms with Crippen molar-refractivity contribution in [1.82, 2.24) is 5.32 Å². The van der Waals surface area contributed by atoms with Crippen LogP contribution in [0, 0.1) is 6.92 Å². The second-order valence-electron chi connectivity index (χ2n) is 5.83. The third-order valence-electron chi connectivity index (χ3n) is 4.32. The summed E-state index contributed by atoms with van der Waals surface area (Å²) in [5.74, 6) is 2.25. The largest absolute Gasteiger partial charge is 0.459 e. The minimum absolute atomic E-state index is 0.282. The van der Waals surface area contributed by atoms with Crippen LogP contribution in [0.2, 0.25) is 0 Å². The predicted molar refractivity (Wildman–Crippen MR) is 95.5 cm³/mol. The van der Waals surface area contributed by atoms with Gasteiger partial charge in [-0.3, -0.25) is 0 Å². The Morgan fingerprint density at radius 3 is 2.76 bits per heavy atom. The van der Waals surface area contributed by atoms with E-state index in [1.54, 1.807) is 0 Å². The van der Waals surface area contributed by atoms with E-state index in [0.29, 0.717) is 10.5 Å². The van der Waals surface area contributed by atoms with Crippen LogP contribution in [-0.4, -0.2) is 28.6 Å². The zero-order valence-electron chi connectivity index (χ0n) is 13.1. The lowest BCUT2D eigenvalue weighted by molar-refractivity contribution is 0.450. The smallest absolute Gasteiger partial charge is 0.137 e. The molecular weight excluding hydrogens is 298 g/mol. The van der Waals surface area contributed by atoms with E-state index in [0.717, 1.165) is 16.6 Å². The standard InChI is InChI=1S/C17H23NOS2/c1-10-6-5-7-13-8-14(19-17(10)13)16(18-4)15-9-20-11(2)12(3)21-15/h5-8,11-12,15-16,18H,9H2,1-4H3. The summed E-state index contributed by atoms with van der Waals surface area (Å²) in [7, 11) is 2.04. The van der Waals surface area contributed by atoms with Gasteiger partial charge >= 0.3 is 0 Å². The zero-order chi connectivity index (χ0) is 15.0. The maximum absolute atomic E-state index is 6.18. The van der Waals surface area contributed by atoms with Gasteiger partial charge in [-0.15, -0.1) is 0 Å². The molecule has 0 saturated carbocycles. The van der Waals surface area contributed by atoms with Crippen LogP contribution in [0.5, 0.6) is 0 Å². The molecule has 3 rings (SSSR count). The Kier molecular flexibility index (Phi) is 4.57. The van der Waals surface area contributed by atoms with Crippen molar-refractivity contribution in [2.75, 3.05) is 12.8 Å². The van der Waals surface area contributed by atoms with Crippen molar-refractivity contribution in [1.29, 1.82) is 0 Å². The van der Waals surface area contributed by atoms with Crippen LogP contribution in [0.3, 0.4) is 0 Å². The number of nitrogens with one attached hydrogen (secondary N) is 1. The van der Waals surface area contributed by atoms with Crippen LogP contribution in [0.25, 0.3) is 11.0 Å². The molecule has 1 N–H and O–H groups in total. The molecule has 0 amide bonds. The van der Waals surface area contributed by atoms with Crippen molar-refractivity contribution >= 4 is 34.5 Å². The van der Waals surface area contributed by atoms with Gasteiger partial charge in [0, 0.05) is 26.9 Å². The van der Waals surface area contributed by atoms with Gasteiger partial charge in [0.15, 0.2) is 0 Å². The summed E-state index contributed by atoms with van der Waals surface area (Å²) < 4.78 is 6.18. The third kappa shape index (κ3) is 2.99. The molecule has 4 atom stereocenters. The summed E-state index contributed by atoms with van der Waals surface area (Å²) in [5, 5.41) is 6.67. The fourth-order valence-electron chi connectivity index (χ4n) is 2.88. The fraction of sp³-hybridized carbons (Fsp3) is 0.529. The van der Waals surface area contributed by atoms with Gasteiger partial charge in [0.2, 0.25) is 0 Å². The van der Waals surface area contributed by atoms with E-state index >= 15 is 0 Å². The molecule has 0 radical (unpaired) electrons. The first-order valence-electron chi connectivity index (χ1n) is 7.53. The fourth-order valence-corrected chi connectivity index (χ4v) is 6.01. The first kappa shape index (κ1) is 15.3. The molecule has 1 aromatic carbocycles. The Morgan fingerprint density at radius 2 is 2.10 bits per heavy atom. The molecule has 0 aliphatic carbocycles. The molecular formula is C17H23NOS2. The second kappa shape index (κ2) is 6.27. The number of fused-ring (bicyclic) bond motifs is 1. The van der Waals surface area contributed by atoms with E-state index in [4.69, 9.17) is 4.42 Å². The van der Waals surface area contributed by atoms with Gasteiger partial charge < -0.3 is 9.73 Å².